The molecule has 6 heterocycles. The Hall–Kier alpha value is -3.56. The van der Waals surface area contributed by atoms with Crippen LogP contribution < -0.4 is 4.74 Å². The van der Waals surface area contributed by atoms with Crippen molar-refractivity contribution in [3.05, 3.63) is 77.1 Å². The van der Waals surface area contributed by atoms with Gasteiger partial charge in [-0.3, -0.25) is 14.1 Å². The number of imidazole rings is 1. The van der Waals surface area contributed by atoms with Crippen LogP contribution in [0.3, 0.4) is 0 Å². The monoisotopic (exact) mass is 520 g/mol. The number of halogens is 2. The molecule has 3 aliphatic heterocycles. The Labute approximate surface area is 218 Å². The van der Waals surface area contributed by atoms with Gasteiger partial charge in [-0.15, -0.1) is 0 Å². The first-order chi connectivity index (χ1) is 18.0. The van der Waals surface area contributed by atoms with E-state index in [4.69, 9.17) is 21.3 Å². The number of rotatable bonds is 5. The molecule has 4 aromatic rings. The van der Waals surface area contributed by atoms with Gasteiger partial charge in [0.15, 0.2) is 11.5 Å². The van der Waals surface area contributed by atoms with E-state index in [1.54, 1.807) is 11.1 Å². The summed E-state index contributed by atoms with van der Waals surface area (Å²) in [6, 6.07) is 12.2. The van der Waals surface area contributed by atoms with Crippen molar-refractivity contribution < 1.29 is 13.9 Å². The minimum atomic E-state index is -0.631. The molecule has 2 atom stereocenters. The van der Waals surface area contributed by atoms with Gasteiger partial charge in [0.1, 0.15) is 0 Å². The van der Waals surface area contributed by atoms with Crippen LogP contribution in [0.25, 0.3) is 17.0 Å². The Kier molecular flexibility index (Phi) is 6.26. The van der Waals surface area contributed by atoms with Gasteiger partial charge in [-0.25, -0.2) is 19.3 Å². The normalized spacial score (nSPS) is 19.8. The summed E-state index contributed by atoms with van der Waals surface area (Å²) in [4.78, 5) is 31.0. The molecule has 190 valence electrons. The zero-order valence-corrected chi connectivity index (χ0v) is 21.1. The van der Waals surface area contributed by atoms with Crippen molar-refractivity contribution >= 4 is 23.3 Å². The van der Waals surface area contributed by atoms with Gasteiger partial charge in [0.05, 0.1) is 18.5 Å². The number of amides is 1. The first-order valence-electron chi connectivity index (χ1n) is 12.3. The average Bonchev–Trinajstić information content (AvgIpc) is 3.04. The third kappa shape index (κ3) is 4.53. The van der Waals surface area contributed by atoms with E-state index in [2.05, 4.69) is 14.9 Å². The zero-order chi connectivity index (χ0) is 25.5. The lowest BCUT2D eigenvalue weighted by Gasteiger charge is -2.36. The first kappa shape index (κ1) is 23.8. The number of hydrogen-bond donors (Lipinski definition) is 0. The van der Waals surface area contributed by atoms with Crippen LogP contribution in [0.5, 0.6) is 5.88 Å². The van der Waals surface area contributed by atoms with Crippen LogP contribution in [0.15, 0.2) is 54.9 Å². The number of hydrogen-bond acceptors (Lipinski definition) is 6. The standard InChI is InChI=1S/C27H26ClFN6O2/c1-37-23-10-9-21(29)25(31-23)26(36)35-14-17-3-8-20(35)15-33(13-17)16-22-24(18-4-6-19(28)7-5-18)32-27-30-11-2-12-34(22)27/h2,4-7,9-12,17,20H,3,8,13-16H2,1H3. The maximum absolute atomic E-state index is 14.6. The molecule has 3 aliphatic rings. The highest BCUT2D eigenvalue weighted by atomic mass is 35.5. The van der Waals surface area contributed by atoms with Crippen LogP contribution in [-0.4, -0.2) is 67.8 Å². The average molecular weight is 521 g/mol. The number of benzene rings is 1. The molecule has 0 spiro atoms. The number of ether oxygens (including phenoxy) is 1. The summed E-state index contributed by atoms with van der Waals surface area (Å²) in [6.07, 6.45) is 5.61. The summed E-state index contributed by atoms with van der Waals surface area (Å²) >= 11 is 6.13. The molecule has 1 amide bonds. The highest BCUT2D eigenvalue weighted by Crippen LogP contribution is 2.32. The number of fused-ring (bicyclic) bond motifs is 5. The van der Waals surface area contributed by atoms with Gasteiger partial charge in [0.2, 0.25) is 11.7 Å². The minimum absolute atomic E-state index is 0.0325. The zero-order valence-electron chi connectivity index (χ0n) is 20.3. The molecule has 2 bridgehead atoms. The van der Waals surface area contributed by atoms with E-state index >= 15 is 0 Å². The van der Waals surface area contributed by atoms with Crippen molar-refractivity contribution in [2.75, 3.05) is 26.7 Å². The number of carbonyl (C=O) groups is 1. The van der Waals surface area contributed by atoms with E-state index in [1.165, 1.54) is 19.2 Å². The third-order valence-corrected chi connectivity index (χ3v) is 7.53. The fourth-order valence-electron chi connectivity index (χ4n) is 5.52. The summed E-state index contributed by atoms with van der Waals surface area (Å²) in [6.45, 7) is 2.74. The van der Waals surface area contributed by atoms with Gasteiger partial charge in [-0.1, -0.05) is 23.7 Å². The summed E-state index contributed by atoms with van der Waals surface area (Å²) < 4.78 is 21.7. The van der Waals surface area contributed by atoms with Gasteiger partial charge in [0.25, 0.3) is 5.91 Å². The van der Waals surface area contributed by atoms with Crippen molar-refractivity contribution in [1.82, 2.24) is 29.2 Å². The number of piperidine rings is 1. The van der Waals surface area contributed by atoms with E-state index in [1.807, 2.05) is 40.9 Å². The highest BCUT2D eigenvalue weighted by Gasteiger charge is 2.39. The second-order valence-electron chi connectivity index (χ2n) is 9.64. The summed E-state index contributed by atoms with van der Waals surface area (Å²) in [5.74, 6) is 0.133. The fourth-order valence-corrected chi connectivity index (χ4v) is 5.64. The SMILES string of the molecule is COc1ccc(F)c(C(=O)N2CC3CCC2CN(Cc2c(-c4ccc(Cl)cc4)nc4ncccn24)C3)n1. The Morgan fingerprint density at radius 3 is 2.76 bits per heavy atom. The molecule has 1 aromatic carbocycles. The van der Waals surface area contributed by atoms with Crippen LogP contribution >= 0.6 is 11.6 Å². The molecule has 0 saturated carbocycles. The highest BCUT2D eigenvalue weighted by molar-refractivity contribution is 6.30. The maximum atomic E-state index is 14.6. The second kappa shape index (κ2) is 9.72. The number of carbonyl (C=O) groups excluding carboxylic acids is 1. The van der Waals surface area contributed by atoms with E-state index < -0.39 is 5.82 Å². The topological polar surface area (TPSA) is 75.9 Å². The molecule has 0 N–H and O–H groups in total. The van der Waals surface area contributed by atoms with Gasteiger partial charge >= 0.3 is 0 Å². The van der Waals surface area contributed by atoms with Gasteiger partial charge < -0.3 is 9.64 Å². The minimum Gasteiger partial charge on any atom is -0.481 e. The van der Waals surface area contributed by atoms with E-state index in [9.17, 15) is 9.18 Å². The van der Waals surface area contributed by atoms with Crippen molar-refractivity contribution in [3.63, 3.8) is 0 Å². The Morgan fingerprint density at radius 1 is 1.11 bits per heavy atom. The number of methoxy groups -OCH3 is 1. The molecule has 0 radical (unpaired) electrons. The fraction of sp³-hybridized carbons (Fsp3) is 0.333. The molecule has 8 nitrogen and oxygen atoms in total. The third-order valence-electron chi connectivity index (χ3n) is 7.28. The van der Waals surface area contributed by atoms with E-state index in [0.29, 0.717) is 30.4 Å². The summed E-state index contributed by atoms with van der Waals surface area (Å²) in [5, 5.41) is 0.669. The predicted molar refractivity (Wildman–Crippen MR) is 137 cm³/mol. The molecule has 3 saturated heterocycles. The maximum Gasteiger partial charge on any atom is 0.275 e. The molecular weight excluding hydrogens is 495 g/mol. The van der Waals surface area contributed by atoms with E-state index in [0.717, 1.165) is 36.3 Å². The van der Waals surface area contributed by atoms with Crippen LogP contribution in [-0.2, 0) is 6.54 Å². The molecule has 10 heteroatoms. The second-order valence-corrected chi connectivity index (χ2v) is 10.1. The lowest BCUT2D eigenvalue weighted by molar-refractivity contribution is 0.0572. The van der Waals surface area contributed by atoms with Gasteiger partial charge in [-0.05, 0) is 43.0 Å². The lowest BCUT2D eigenvalue weighted by atomic mass is 9.94. The van der Waals surface area contributed by atoms with Gasteiger partial charge in [0, 0.05) is 61.3 Å². The van der Waals surface area contributed by atoms with Gasteiger partial charge in [-0.2, -0.15) is 0 Å². The largest absolute Gasteiger partial charge is 0.481 e. The quantitative estimate of drug-likeness (QED) is 0.390. The van der Waals surface area contributed by atoms with Crippen molar-refractivity contribution in [2.24, 2.45) is 5.92 Å². The summed E-state index contributed by atoms with van der Waals surface area (Å²) in [5.41, 5.74) is 2.68. The van der Waals surface area contributed by atoms with Crippen LogP contribution in [0.4, 0.5) is 4.39 Å². The number of aromatic nitrogens is 4. The van der Waals surface area contributed by atoms with Crippen LogP contribution in [0.1, 0.15) is 29.0 Å². The molecule has 3 aromatic heterocycles. The number of nitrogens with zero attached hydrogens (tertiary/aromatic N) is 6. The van der Waals surface area contributed by atoms with Crippen molar-refractivity contribution in [2.45, 2.75) is 25.4 Å². The Morgan fingerprint density at radius 2 is 1.95 bits per heavy atom. The van der Waals surface area contributed by atoms with Crippen LogP contribution in [0.2, 0.25) is 5.02 Å². The first-order valence-corrected chi connectivity index (χ1v) is 12.7. The van der Waals surface area contributed by atoms with E-state index in [-0.39, 0.29) is 29.4 Å². The Balaban J connectivity index is 1.29. The molecule has 3 fully saturated rings. The van der Waals surface area contributed by atoms with Crippen LogP contribution in [0, 0.1) is 11.7 Å². The lowest BCUT2D eigenvalue weighted by Crippen LogP contribution is -2.47. The molecule has 2 unspecified atom stereocenters. The number of pyridine rings is 1. The Bertz CT molecular complexity index is 1460. The van der Waals surface area contributed by atoms with Crippen molar-refractivity contribution in [1.29, 1.82) is 0 Å². The van der Waals surface area contributed by atoms with Crippen molar-refractivity contribution in [3.8, 4) is 17.1 Å². The smallest absolute Gasteiger partial charge is 0.275 e. The molecular formula is C27H26ClFN6O2. The molecule has 0 aliphatic carbocycles. The predicted octanol–water partition coefficient (Wildman–Crippen LogP) is 4.33. The molecule has 37 heavy (non-hydrogen) atoms. The summed E-state index contributed by atoms with van der Waals surface area (Å²) in [7, 11) is 1.45. The molecule has 7 rings (SSSR count).